The monoisotopic (exact) mass is 398 g/mol. The first-order valence-electron chi connectivity index (χ1n) is 10.4. The molecule has 1 amide bonds. The summed E-state index contributed by atoms with van der Waals surface area (Å²) in [6.07, 6.45) is 4.05. The number of aliphatic imine (C=N–C) groups is 1. The minimum Gasteiger partial charge on any atom is -0.444 e. The standard InChI is InChI=1S/C21H42N4O3/c1-16(2)17(24-19(26)28-20(3,4)5)9-13-25(7)18(22-6)23-15-21(10-11-21)12-14-27-8/h16-17H,9-15H2,1-8H3,(H,22,23)(H,24,26). The molecule has 1 aliphatic rings. The fourth-order valence-corrected chi connectivity index (χ4v) is 3.13. The fourth-order valence-electron chi connectivity index (χ4n) is 3.13. The first kappa shape index (κ1) is 24.5. The molecule has 0 bridgehead atoms. The van der Waals surface area contributed by atoms with Crippen LogP contribution in [0.25, 0.3) is 0 Å². The molecule has 0 heterocycles. The average Bonchev–Trinajstić information content (AvgIpc) is 3.35. The van der Waals surface area contributed by atoms with Crippen LogP contribution in [0.5, 0.6) is 0 Å². The van der Waals surface area contributed by atoms with E-state index in [2.05, 4.69) is 34.4 Å². The molecule has 1 aliphatic carbocycles. The molecule has 0 aliphatic heterocycles. The quantitative estimate of drug-likeness (QED) is 0.436. The summed E-state index contributed by atoms with van der Waals surface area (Å²) in [5, 5.41) is 6.53. The molecule has 0 aromatic rings. The van der Waals surface area contributed by atoms with E-state index in [1.807, 2.05) is 34.9 Å². The van der Waals surface area contributed by atoms with E-state index < -0.39 is 5.60 Å². The molecule has 0 saturated heterocycles. The average molecular weight is 399 g/mol. The van der Waals surface area contributed by atoms with Crippen LogP contribution in [0.3, 0.4) is 0 Å². The van der Waals surface area contributed by atoms with E-state index >= 15 is 0 Å². The van der Waals surface area contributed by atoms with Gasteiger partial charge in [-0.05, 0) is 57.8 Å². The Kier molecular flexibility index (Phi) is 9.54. The number of amides is 1. The number of nitrogens with zero attached hydrogens (tertiary/aromatic N) is 2. The van der Waals surface area contributed by atoms with Gasteiger partial charge >= 0.3 is 6.09 Å². The second-order valence-electron chi connectivity index (χ2n) is 9.35. The van der Waals surface area contributed by atoms with E-state index in [1.54, 1.807) is 7.11 Å². The van der Waals surface area contributed by atoms with Crippen LogP contribution in [0.2, 0.25) is 0 Å². The van der Waals surface area contributed by atoms with Gasteiger partial charge in [0.1, 0.15) is 5.60 Å². The molecule has 7 nitrogen and oxygen atoms in total. The SMILES string of the molecule is CN=C(NCC1(CCOC)CC1)N(C)CCC(NC(=O)OC(C)(C)C)C(C)C. The van der Waals surface area contributed by atoms with Crippen molar-refractivity contribution in [3.8, 4) is 0 Å². The number of methoxy groups -OCH3 is 1. The molecule has 164 valence electrons. The number of hydrogen-bond donors (Lipinski definition) is 2. The Labute approximate surface area is 171 Å². The lowest BCUT2D eigenvalue weighted by Crippen LogP contribution is -2.46. The Morgan fingerprint density at radius 3 is 2.39 bits per heavy atom. The number of carbonyl (C=O) groups excluding carboxylic acids is 1. The lowest BCUT2D eigenvalue weighted by atomic mass is 10.0. The van der Waals surface area contributed by atoms with Gasteiger partial charge in [0.15, 0.2) is 5.96 Å². The fraction of sp³-hybridized carbons (Fsp3) is 0.905. The third-order valence-electron chi connectivity index (χ3n) is 5.27. The molecule has 1 saturated carbocycles. The van der Waals surface area contributed by atoms with Crippen molar-refractivity contribution in [3.63, 3.8) is 0 Å². The second kappa shape index (κ2) is 10.9. The Morgan fingerprint density at radius 2 is 1.93 bits per heavy atom. The van der Waals surface area contributed by atoms with E-state index in [9.17, 15) is 4.79 Å². The molecular weight excluding hydrogens is 356 g/mol. The Balaban J connectivity index is 2.49. The lowest BCUT2D eigenvalue weighted by Gasteiger charge is -2.29. The summed E-state index contributed by atoms with van der Waals surface area (Å²) in [5.41, 5.74) is -0.124. The zero-order valence-corrected chi connectivity index (χ0v) is 19.2. The van der Waals surface area contributed by atoms with Crippen molar-refractivity contribution in [2.24, 2.45) is 16.3 Å². The highest BCUT2D eigenvalue weighted by Crippen LogP contribution is 2.48. The van der Waals surface area contributed by atoms with Crippen molar-refractivity contribution in [2.75, 3.05) is 40.9 Å². The molecule has 1 fully saturated rings. The van der Waals surface area contributed by atoms with Crippen LogP contribution in [0.4, 0.5) is 4.79 Å². The molecule has 7 heteroatoms. The van der Waals surface area contributed by atoms with Gasteiger partial charge in [0.25, 0.3) is 0 Å². The van der Waals surface area contributed by atoms with E-state index in [4.69, 9.17) is 9.47 Å². The molecule has 0 radical (unpaired) electrons. The highest BCUT2D eigenvalue weighted by Gasteiger charge is 2.42. The summed E-state index contributed by atoms with van der Waals surface area (Å²) >= 11 is 0. The van der Waals surface area contributed by atoms with Crippen LogP contribution in [0.15, 0.2) is 4.99 Å². The number of rotatable bonds is 10. The number of alkyl carbamates (subject to hydrolysis) is 1. The van der Waals surface area contributed by atoms with Crippen molar-refractivity contribution < 1.29 is 14.3 Å². The number of nitrogens with one attached hydrogen (secondary N) is 2. The molecule has 0 aromatic carbocycles. The zero-order valence-electron chi connectivity index (χ0n) is 19.2. The first-order chi connectivity index (χ1) is 13.0. The maximum atomic E-state index is 12.1. The van der Waals surface area contributed by atoms with Crippen LogP contribution in [0.1, 0.15) is 60.3 Å². The molecule has 28 heavy (non-hydrogen) atoms. The van der Waals surface area contributed by atoms with Crippen molar-refractivity contribution in [1.29, 1.82) is 0 Å². The summed E-state index contributed by atoms with van der Waals surface area (Å²) in [5.74, 6) is 1.21. The highest BCUT2D eigenvalue weighted by atomic mass is 16.6. The van der Waals surface area contributed by atoms with Gasteiger partial charge in [-0.2, -0.15) is 0 Å². The molecule has 1 unspecified atom stereocenters. The minimum atomic E-state index is -0.490. The van der Waals surface area contributed by atoms with Crippen molar-refractivity contribution in [3.05, 3.63) is 0 Å². The van der Waals surface area contributed by atoms with Gasteiger partial charge in [0, 0.05) is 46.9 Å². The predicted octanol–water partition coefficient (Wildman–Crippen LogP) is 3.25. The molecular formula is C21H42N4O3. The summed E-state index contributed by atoms with van der Waals surface area (Å²) in [4.78, 5) is 18.7. The summed E-state index contributed by atoms with van der Waals surface area (Å²) in [6, 6.07) is 0.0480. The van der Waals surface area contributed by atoms with Crippen molar-refractivity contribution in [1.82, 2.24) is 15.5 Å². The van der Waals surface area contributed by atoms with Crippen LogP contribution < -0.4 is 10.6 Å². The van der Waals surface area contributed by atoms with E-state index in [0.717, 1.165) is 38.5 Å². The smallest absolute Gasteiger partial charge is 0.407 e. The number of ether oxygens (including phenoxy) is 2. The normalized spacial score (nSPS) is 17.2. The van der Waals surface area contributed by atoms with Crippen LogP contribution in [-0.2, 0) is 9.47 Å². The van der Waals surface area contributed by atoms with Crippen molar-refractivity contribution >= 4 is 12.1 Å². The van der Waals surface area contributed by atoms with Gasteiger partial charge in [-0.1, -0.05) is 13.8 Å². The third-order valence-corrected chi connectivity index (χ3v) is 5.27. The summed E-state index contributed by atoms with van der Waals surface area (Å²) < 4.78 is 10.6. The topological polar surface area (TPSA) is 75.2 Å². The van der Waals surface area contributed by atoms with Crippen molar-refractivity contribution in [2.45, 2.75) is 71.9 Å². The zero-order chi connectivity index (χ0) is 21.4. The number of carbonyl (C=O) groups is 1. The largest absolute Gasteiger partial charge is 0.444 e. The number of hydrogen-bond acceptors (Lipinski definition) is 4. The summed E-state index contributed by atoms with van der Waals surface area (Å²) in [7, 11) is 5.61. The van der Waals surface area contributed by atoms with Gasteiger partial charge in [-0.3, -0.25) is 4.99 Å². The Bertz CT molecular complexity index is 510. The highest BCUT2D eigenvalue weighted by molar-refractivity contribution is 5.79. The van der Waals surface area contributed by atoms with Gasteiger partial charge in [-0.25, -0.2) is 4.79 Å². The van der Waals surface area contributed by atoms with Crippen LogP contribution in [-0.4, -0.2) is 69.5 Å². The maximum Gasteiger partial charge on any atom is 0.407 e. The molecule has 0 aromatic heterocycles. The van der Waals surface area contributed by atoms with Gasteiger partial charge in [0.2, 0.25) is 0 Å². The first-order valence-corrected chi connectivity index (χ1v) is 10.4. The Morgan fingerprint density at radius 1 is 1.29 bits per heavy atom. The van der Waals surface area contributed by atoms with Crippen LogP contribution in [0, 0.1) is 11.3 Å². The maximum absolute atomic E-state index is 12.1. The van der Waals surface area contributed by atoms with Gasteiger partial charge < -0.3 is 25.0 Å². The third kappa shape index (κ3) is 9.13. The van der Waals surface area contributed by atoms with E-state index in [-0.39, 0.29) is 12.1 Å². The molecule has 1 rings (SSSR count). The molecule has 1 atom stereocenters. The number of guanidine groups is 1. The predicted molar refractivity (Wildman–Crippen MR) is 115 cm³/mol. The molecule has 2 N–H and O–H groups in total. The van der Waals surface area contributed by atoms with E-state index in [0.29, 0.717) is 11.3 Å². The lowest BCUT2D eigenvalue weighted by molar-refractivity contribution is 0.0485. The Hall–Kier alpha value is -1.50. The van der Waals surface area contributed by atoms with E-state index in [1.165, 1.54) is 12.8 Å². The van der Waals surface area contributed by atoms with Crippen LogP contribution >= 0.6 is 0 Å². The second-order valence-corrected chi connectivity index (χ2v) is 9.35. The molecule has 0 spiro atoms. The van der Waals surface area contributed by atoms with Gasteiger partial charge in [-0.15, -0.1) is 0 Å². The van der Waals surface area contributed by atoms with Gasteiger partial charge in [0.05, 0.1) is 0 Å². The minimum absolute atomic E-state index is 0.0480. The summed E-state index contributed by atoms with van der Waals surface area (Å²) in [6.45, 7) is 12.4.